The van der Waals surface area contributed by atoms with Crippen molar-refractivity contribution in [1.82, 2.24) is 4.57 Å². The Morgan fingerprint density at radius 3 is 2.66 bits per heavy atom. The Labute approximate surface area is 187 Å². The molecule has 160 valence electrons. The van der Waals surface area contributed by atoms with Crippen molar-refractivity contribution in [1.29, 1.82) is 0 Å². The van der Waals surface area contributed by atoms with Crippen LogP contribution in [0.4, 0.5) is 0 Å². The Hall–Kier alpha value is -3.79. The maximum Gasteiger partial charge on any atom is 0.335 e. The van der Waals surface area contributed by atoms with Gasteiger partial charge >= 0.3 is 5.97 Å². The quantitative estimate of drug-likeness (QED) is 0.416. The molecule has 1 aliphatic rings. The number of carbonyl (C=O) groups is 1. The van der Waals surface area contributed by atoms with E-state index in [0.29, 0.717) is 5.56 Å². The molecule has 0 aliphatic heterocycles. The van der Waals surface area contributed by atoms with Crippen LogP contribution in [0.2, 0.25) is 0 Å². The normalized spacial score (nSPS) is 13.0. The van der Waals surface area contributed by atoms with Gasteiger partial charge in [0.05, 0.1) is 12.7 Å². The first-order valence-corrected chi connectivity index (χ1v) is 10.9. The van der Waals surface area contributed by atoms with Gasteiger partial charge in [0.1, 0.15) is 5.75 Å². The van der Waals surface area contributed by atoms with E-state index in [1.165, 1.54) is 22.3 Å². The van der Waals surface area contributed by atoms with Gasteiger partial charge in [-0.1, -0.05) is 54.6 Å². The van der Waals surface area contributed by atoms with Gasteiger partial charge in [-0.2, -0.15) is 0 Å². The van der Waals surface area contributed by atoms with Crippen molar-refractivity contribution in [2.45, 2.75) is 25.8 Å². The number of methoxy groups -OCH3 is 1. The van der Waals surface area contributed by atoms with E-state index in [1.807, 2.05) is 36.4 Å². The molecule has 1 aliphatic carbocycles. The topological polar surface area (TPSA) is 51.5 Å². The van der Waals surface area contributed by atoms with Crippen molar-refractivity contribution in [3.05, 3.63) is 107 Å². The Bertz CT molecular complexity index is 1330. The number of hydrogen-bond acceptors (Lipinski definition) is 2. The molecule has 1 N–H and O–H groups in total. The summed E-state index contributed by atoms with van der Waals surface area (Å²) in [5.74, 6) is 0.0188. The van der Waals surface area contributed by atoms with Gasteiger partial charge in [-0.15, -0.1) is 0 Å². The lowest BCUT2D eigenvalue weighted by atomic mass is 9.86. The van der Waals surface area contributed by atoms with Crippen LogP contribution in [0.3, 0.4) is 0 Å². The molecule has 0 fully saturated rings. The zero-order valence-electron chi connectivity index (χ0n) is 18.0. The van der Waals surface area contributed by atoms with Crippen LogP contribution in [-0.2, 0) is 19.4 Å². The second-order valence-electron chi connectivity index (χ2n) is 8.15. The summed E-state index contributed by atoms with van der Waals surface area (Å²) in [7, 11) is 1.72. The van der Waals surface area contributed by atoms with Crippen LogP contribution in [0.25, 0.3) is 16.5 Å². The number of aromatic carboxylic acids is 1. The van der Waals surface area contributed by atoms with E-state index in [-0.39, 0.29) is 0 Å². The lowest BCUT2D eigenvalue weighted by Gasteiger charge is -2.20. The average molecular weight is 424 g/mol. The van der Waals surface area contributed by atoms with Gasteiger partial charge in [0.15, 0.2) is 0 Å². The summed E-state index contributed by atoms with van der Waals surface area (Å²) in [6.45, 7) is 0.780. The Morgan fingerprint density at radius 2 is 1.88 bits per heavy atom. The summed E-state index contributed by atoms with van der Waals surface area (Å²) < 4.78 is 7.82. The summed E-state index contributed by atoms with van der Waals surface area (Å²) in [6, 6.07) is 22.0. The maximum absolute atomic E-state index is 11.6. The SMILES string of the molecule is COc1cccc2c1CCC=C2c1cn(CCc2ccccc2)c2cc(C(=O)O)ccc12. The van der Waals surface area contributed by atoms with E-state index in [0.717, 1.165) is 48.0 Å². The number of carboxylic acids is 1. The molecule has 0 bridgehead atoms. The van der Waals surface area contributed by atoms with Crippen molar-refractivity contribution < 1.29 is 14.6 Å². The molecule has 0 saturated carbocycles. The highest BCUT2D eigenvalue weighted by Crippen LogP contribution is 2.39. The fourth-order valence-electron chi connectivity index (χ4n) is 4.71. The number of fused-ring (bicyclic) bond motifs is 2. The lowest BCUT2D eigenvalue weighted by Crippen LogP contribution is -2.03. The van der Waals surface area contributed by atoms with Crippen LogP contribution in [-0.4, -0.2) is 22.8 Å². The fraction of sp³-hybridized carbons (Fsp3) is 0.179. The van der Waals surface area contributed by atoms with Crippen molar-refractivity contribution in [3.63, 3.8) is 0 Å². The number of allylic oxidation sites excluding steroid dienone is 1. The van der Waals surface area contributed by atoms with Crippen LogP contribution < -0.4 is 4.74 Å². The molecular formula is C28H25NO3. The van der Waals surface area contributed by atoms with Crippen LogP contribution in [0.1, 0.15) is 39.0 Å². The maximum atomic E-state index is 11.6. The largest absolute Gasteiger partial charge is 0.496 e. The molecule has 32 heavy (non-hydrogen) atoms. The number of nitrogens with zero attached hydrogens (tertiary/aromatic N) is 1. The summed E-state index contributed by atoms with van der Waals surface area (Å²) in [5, 5.41) is 10.6. The minimum Gasteiger partial charge on any atom is -0.496 e. The smallest absolute Gasteiger partial charge is 0.335 e. The molecule has 1 aromatic heterocycles. The fourth-order valence-corrected chi connectivity index (χ4v) is 4.71. The average Bonchev–Trinajstić information content (AvgIpc) is 3.20. The number of rotatable bonds is 6. The molecule has 1 heterocycles. The first-order chi connectivity index (χ1) is 15.7. The lowest BCUT2D eigenvalue weighted by molar-refractivity contribution is 0.0697. The second-order valence-corrected chi connectivity index (χ2v) is 8.15. The number of ether oxygens (including phenoxy) is 1. The number of carboxylic acid groups (broad SMARTS) is 1. The monoisotopic (exact) mass is 423 g/mol. The minimum atomic E-state index is -0.906. The molecule has 4 nitrogen and oxygen atoms in total. The van der Waals surface area contributed by atoms with Crippen LogP contribution >= 0.6 is 0 Å². The summed E-state index contributed by atoms with van der Waals surface area (Å²) in [5.41, 5.74) is 7.28. The van der Waals surface area contributed by atoms with Crippen LogP contribution in [0.5, 0.6) is 5.75 Å². The first kappa shape index (κ1) is 20.1. The van der Waals surface area contributed by atoms with E-state index in [2.05, 4.69) is 35.0 Å². The van der Waals surface area contributed by atoms with Crippen molar-refractivity contribution in [2.24, 2.45) is 0 Å². The molecule has 0 amide bonds. The third kappa shape index (κ3) is 3.58. The van der Waals surface area contributed by atoms with Gasteiger partial charge in [-0.3, -0.25) is 0 Å². The molecule has 3 aromatic carbocycles. The highest BCUT2D eigenvalue weighted by Gasteiger charge is 2.21. The van der Waals surface area contributed by atoms with Gasteiger partial charge < -0.3 is 14.4 Å². The summed E-state index contributed by atoms with van der Waals surface area (Å²) >= 11 is 0. The molecule has 4 aromatic rings. The Balaban J connectivity index is 1.63. The highest BCUT2D eigenvalue weighted by molar-refractivity contribution is 6.01. The van der Waals surface area contributed by atoms with Crippen molar-refractivity contribution in [3.8, 4) is 5.75 Å². The highest BCUT2D eigenvalue weighted by atomic mass is 16.5. The molecule has 0 radical (unpaired) electrons. The van der Waals surface area contributed by atoms with Crippen LogP contribution in [0, 0.1) is 0 Å². The third-order valence-electron chi connectivity index (χ3n) is 6.29. The molecule has 5 rings (SSSR count). The van der Waals surface area contributed by atoms with E-state index >= 15 is 0 Å². The van der Waals surface area contributed by atoms with Gasteiger partial charge in [-0.25, -0.2) is 4.79 Å². The third-order valence-corrected chi connectivity index (χ3v) is 6.29. The van der Waals surface area contributed by atoms with Gasteiger partial charge in [0.25, 0.3) is 0 Å². The number of aromatic nitrogens is 1. The predicted octanol–water partition coefficient (Wildman–Crippen LogP) is 5.97. The Kier molecular flexibility index (Phi) is 5.28. The summed E-state index contributed by atoms with van der Waals surface area (Å²) in [4.78, 5) is 11.6. The number of hydrogen-bond donors (Lipinski definition) is 1. The van der Waals surface area contributed by atoms with Gasteiger partial charge in [0.2, 0.25) is 0 Å². The van der Waals surface area contributed by atoms with Gasteiger partial charge in [0, 0.05) is 34.8 Å². The number of benzene rings is 3. The van der Waals surface area contributed by atoms with E-state index in [1.54, 1.807) is 19.2 Å². The molecule has 0 spiro atoms. The molecule has 0 unspecified atom stereocenters. The summed E-state index contributed by atoms with van der Waals surface area (Å²) in [6.07, 6.45) is 7.26. The standard InChI is InChI=1S/C28H25NO3/c1-32-27-12-6-10-21-22(9-5-11-24(21)27)25-18-29(16-15-19-7-3-2-4-8-19)26-17-20(28(30)31)13-14-23(25)26/h2-4,6-10,12-14,17-18H,5,11,15-16H2,1H3,(H,30,31). The molecule has 4 heteroatoms. The predicted molar refractivity (Wildman–Crippen MR) is 127 cm³/mol. The molecule has 0 saturated heterocycles. The van der Waals surface area contributed by atoms with E-state index in [9.17, 15) is 9.90 Å². The van der Waals surface area contributed by atoms with E-state index < -0.39 is 5.97 Å². The van der Waals surface area contributed by atoms with Gasteiger partial charge in [-0.05, 0) is 54.2 Å². The molecule has 0 atom stereocenters. The van der Waals surface area contributed by atoms with Crippen molar-refractivity contribution >= 4 is 22.4 Å². The minimum absolute atomic E-state index is 0.308. The van der Waals surface area contributed by atoms with Crippen molar-refractivity contribution in [2.75, 3.05) is 7.11 Å². The van der Waals surface area contributed by atoms with Crippen LogP contribution in [0.15, 0.2) is 79.0 Å². The Morgan fingerprint density at radius 1 is 1.03 bits per heavy atom. The number of aryl methyl sites for hydroxylation is 2. The zero-order valence-corrected chi connectivity index (χ0v) is 18.0. The first-order valence-electron chi connectivity index (χ1n) is 10.9. The zero-order chi connectivity index (χ0) is 22.1. The molecular weight excluding hydrogens is 398 g/mol. The second kappa shape index (κ2) is 8.39. The van der Waals surface area contributed by atoms with E-state index in [4.69, 9.17) is 4.74 Å².